The van der Waals surface area contributed by atoms with Crippen LogP contribution in [0.15, 0.2) is 36.5 Å². The molecule has 0 aliphatic carbocycles. The number of nitrogens with one attached hydrogen (secondary N) is 2. The molecule has 1 amide bonds. The molecule has 2 aromatic rings. The zero-order valence-corrected chi connectivity index (χ0v) is 12.5. The third kappa shape index (κ3) is 4.03. The summed E-state index contributed by atoms with van der Waals surface area (Å²) in [5.41, 5.74) is 1.64. The number of aromatic nitrogens is 2. The monoisotopic (exact) mass is 295 g/mol. The zero-order valence-electron chi connectivity index (χ0n) is 12.5. The fraction of sp³-hybridized carbons (Fsp3) is 0.250. The molecule has 0 spiro atoms. The molecule has 2 N–H and O–H groups in total. The SMILES string of the molecule is CCC(C)NC(=O)c1ccnc(Nc2ccc(C#N)cc2)n1. The molecule has 0 radical (unpaired) electrons. The fourth-order valence-electron chi connectivity index (χ4n) is 1.70. The van der Waals surface area contributed by atoms with Gasteiger partial charge in [-0.3, -0.25) is 4.79 Å². The molecule has 112 valence electrons. The van der Waals surface area contributed by atoms with Gasteiger partial charge in [-0.2, -0.15) is 5.26 Å². The highest BCUT2D eigenvalue weighted by atomic mass is 16.1. The summed E-state index contributed by atoms with van der Waals surface area (Å²) in [5.74, 6) is 0.112. The molecule has 1 atom stereocenters. The van der Waals surface area contributed by atoms with E-state index < -0.39 is 0 Å². The molecule has 0 aliphatic heterocycles. The number of carbonyl (C=O) groups is 1. The normalized spacial score (nSPS) is 11.3. The molecule has 0 saturated heterocycles. The number of hydrogen-bond acceptors (Lipinski definition) is 5. The van der Waals surface area contributed by atoms with Gasteiger partial charge >= 0.3 is 0 Å². The van der Waals surface area contributed by atoms with Crippen LogP contribution in [0.3, 0.4) is 0 Å². The molecule has 1 aromatic heterocycles. The van der Waals surface area contributed by atoms with Crippen LogP contribution in [-0.4, -0.2) is 21.9 Å². The predicted octanol–water partition coefficient (Wildman–Crippen LogP) is 2.62. The first-order chi connectivity index (χ1) is 10.6. The first-order valence-corrected chi connectivity index (χ1v) is 7.03. The minimum absolute atomic E-state index is 0.0948. The van der Waals surface area contributed by atoms with Crippen LogP contribution in [0.1, 0.15) is 36.3 Å². The maximum absolute atomic E-state index is 12.0. The standard InChI is InChI=1S/C16H17N5O/c1-3-11(2)19-15(22)14-8-9-18-16(21-14)20-13-6-4-12(10-17)5-7-13/h4-9,11H,3H2,1-2H3,(H,19,22)(H,18,20,21). The summed E-state index contributed by atoms with van der Waals surface area (Å²) in [5, 5.41) is 14.6. The Morgan fingerprint density at radius 1 is 1.32 bits per heavy atom. The lowest BCUT2D eigenvalue weighted by molar-refractivity contribution is 0.0934. The highest BCUT2D eigenvalue weighted by molar-refractivity contribution is 5.92. The van der Waals surface area contributed by atoms with Crippen molar-refractivity contribution >= 4 is 17.5 Å². The minimum Gasteiger partial charge on any atom is -0.348 e. The van der Waals surface area contributed by atoms with Gasteiger partial charge in [0.15, 0.2) is 0 Å². The molecular weight excluding hydrogens is 278 g/mol. The Kier molecular flexibility index (Phi) is 5.04. The molecule has 2 rings (SSSR count). The molecule has 1 unspecified atom stereocenters. The van der Waals surface area contributed by atoms with Gasteiger partial charge in [-0.25, -0.2) is 9.97 Å². The highest BCUT2D eigenvalue weighted by Gasteiger charge is 2.11. The lowest BCUT2D eigenvalue weighted by Crippen LogP contribution is -2.32. The summed E-state index contributed by atoms with van der Waals surface area (Å²) in [6.07, 6.45) is 2.39. The van der Waals surface area contributed by atoms with Crippen molar-refractivity contribution in [1.29, 1.82) is 5.26 Å². The van der Waals surface area contributed by atoms with Crippen molar-refractivity contribution in [2.45, 2.75) is 26.3 Å². The Morgan fingerprint density at radius 3 is 2.68 bits per heavy atom. The van der Waals surface area contributed by atoms with Crippen molar-refractivity contribution in [3.63, 3.8) is 0 Å². The number of nitrogens with zero attached hydrogens (tertiary/aromatic N) is 3. The zero-order chi connectivity index (χ0) is 15.9. The molecule has 1 heterocycles. The molecule has 22 heavy (non-hydrogen) atoms. The maximum Gasteiger partial charge on any atom is 0.270 e. The Bertz CT molecular complexity index is 690. The average molecular weight is 295 g/mol. The molecule has 0 aliphatic rings. The van der Waals surface area contributed by atoms with Crippen LogP contribution in [0.2, 0.25) is 0 Å². The lowest BCUT2D eigenvalue weighted by Gasteiger charge is -2.11. The van der Waals surface area contributed by atoms with Gasteiger partial charge in [-0.1, -0.05) is 6.92 Å². The van der Waals surface area contributed by atoms with E-state index in [2.05, 4.69) is 26.7 Å². The van der Waals surface area contributed by atoms with Crippen LogP contribution in [0.25, 0.3) is 0 Å². The van der Waals surface area contributed by atoms with Gasteiger partial charge in [0.25, 0.3) is 5.91 Å². The van der Waals surface area contributed by atoms with E-state index in [0.29, 0.717) is 17.2 Å². The highest BCUT2D eigenvalue weighted by Crippen LogP contribution is 2.13. The Hall–Kier alpha value is -2.94. The molecule has 6 heteroatoms. The van der Waals surface area contributed by atoms with Gasteiger partial charge in [-0.05, 0) is 43.7 Å². The van der Waals surface area contributed by atoms with E-state index in [1.165, 1.54) is 6.20 Å². The van der Waals surface area contributed by atoms with Crippen LogP contribution in [0, 0.1) is 11.3 Å². The number of nitriles is 1. The van der Waals surface area contributed by atoms with Crippen molar-refractivity contribution in [2.75, 3.05) is 5.32 Å². The summed E-state index contributed by atoms with van der Waals surface area (Å²) in [7, 11) is 0. The number of hydrogen-bond donors (Lipinski definition) is 2. The average Bonchev–Trinajstić information content (AvgIpc) is 2.55. The Morgan fingerprint density at radius 2 is 2.05 bits per heavy atom. The van der Waals surface area contributed by atoms with Gasteiger partial charge in [0.2, 0.25) is 5.95 Å². The van der Waals surface area contributed by atoms with Crippen LogP contribution in [0.4, 0.5) is 11.6 Å². The minimum atomic E-state index is -0.223. The van der Waals surface area contributed by atoms with E-state index in [1.807, 2.05) is 13.8 Å². The first-order valence-electron chi connectivity index (χ1n) is 7.03. The summed E-state index contributed by atoms with van der Waals surface area (Å²) in [4.78, 5) is 20.3. The van der Waals surface area contributed by atoms with Crippen molar-refractivity contribution in [2.24, 2.45) is 0 Å². The van der Waals surface area contributed by atoms with E-state index in [0.717, 1.165) is 12.1 Å². The van der Waals surface area contributed by atoms with Crippen molar-refractivity contribution in [3.05, 3.63) is 47.8 Å². The summed E-state index contributed by atoms with van der Waals surface area (Å²) >= 11 is 0. The number of anilines is 2. The van der Waals surface area contributed by atoms with Gasteiger partial charge in [0.1, 0.15) is 5.69 Å². The van der Waals surface area contributed by atoms with Gasteiger partial charge in [-0.15, -0.1) is 0 Å². The quantitative estimate of drug-likeness (QED) is 0.884. The van der Waals surface area contributed by atoms with Gasteiger partial charge < -0.3 is 10.6 Å². The number of amides is 1. The number of carbonyl (C=O) groups excluding carboxylic acids is 1. The second-order valence-corrected chi connectivity index (χ2v) is 4.86. The van der Waals surface area contributed by atoms with E-state index in [9.17, 15) is 4.79 Å². The van der Waals surface area contributed by atoms with E-state index in [1.54, 1.807) is 30.3 Å². The van der Waals surface area contributed by atoms with Crippen LogP contribution >= 0.6 is 0 Å². The Labute approximate surface area is 129 Å². The van der Waals surface area contributed by atoms with Gasteiger partial charge in [0.05, 0.1) is 11.6 Å². The van der Waals surface area contributed by atoms with Gasteiger partial charge in [0, 0.05) is 17.9 Å². The second kappa shape index (κ2) is 7.18. The smallest absolute Gasteiger partial charge is 0.270 e. The van der Waals surface area contributed by atoms with Crippen LogP contribution in [0.5, 0.6) is 0 Å². The number of rotatable bonds is 5. The third-order valence-electron chi connectivity index (χ3n) is 3.15. The van der Waals surface area contributed by atoms with Crippen molar-refractivity contribution < 1.29 is 4.79 Å². The maximum atomic E-state index is 12.0. The fourth-order valence-corrected chi connectivity index (χ4v) is 1.70. The molecule has 6 nitrogen and oxygen atoms in total. The summed E-state index contributed by atoms with van der Waals surface area (Å²) < 4.78 is 0. The topological polar surface area (TPSA) is 90.7 Å². The van der Waals surface area contributed by atoms with E-state index in [4.69, 9.17) is 5.26 Å². The molecule has 0 bridgehead atoms. The van der Waals surface area contributed by atoms with E-state index in [-0.39, 0.29) is 11.9 Å². The molecule has 1 aromatic carbocycles. The Balaban J connectivity index is 2.10. The van der Waals surface area contributed by atoms with Crippen molar-refractivity contribution in [3.8, 4) is 6.07 Å². The number of benzene rings is 1. The summed E-state index contributed by atoms with van der Waals surface area (Å²) in [6.45, 7) is 3.94. The lowest BCUT2D eigenvalue weighted by atomic mass is 10.2. The molecule has 0 saturated carbocycles. The molecule has 0 fully saturated rings. The third-order valence-corrected chi connectivity index (χ3v) is 3.15. The largest absolute Gasteiger partial charge is 0.348 e. The molecular formula is C16H17N5O. The van der Waals surface area contributed by atoms with E-state index >= 15 is 0 Å². The van der Waals surface area contributed by atoms with Crippen LogP contribution in [-0.2, 0) is 0 Å². The summed E-state index contributed by atoms with van der Waals surface area (Å²) in [6, 6.07) is 10.6. The van der Waals surface area contributed by atoms with Crippen LogP contribution < -0.4 is 10.6 Å². The second-order valence-electron chi connectivity index (χ2n) is 4.86. The predicted molar refractivity (Wildman–Crippen MR) is 83.7 cm³/mol. The van der Waals surface area contributed by atoms with Crippen molar-refractivity contribution in [1.82, 2.24) is 15.3 Å². The first kappa shape index (κ1) is 15.4.